The van der Waals surface area contributed by atoms with Gasteiger partial charge in [0.05, 0.1) is 13.2 Å². The summed E-state index contributed by atoms with van der Waals surface area (Å²) in [5.74, 6) is -2.82. The molecule has 1 unspecified atom stereocenters. The summed E-state index contributed by atoms with van der Waals surface area (Å²) in [6.45, 7) is 3.41. The van der Waals surface area contributed by atoms with Crippen molar-refractivity contribution in [1.82, 2.24) is 4.90 Å². The van der Waals surface area contributed by atoms with Crippen molar-refractivity contribution in [3.05, 3.63) is 29.3 Å². The zero-order chi connectivity index (χ0) is 14.2. The highest BCUT2D eigenvalue weighted by molar-refractivity contribution is 5.29. The molecule has 2 aliphatic heterocycles. The van der Waals surface area contributed by atoms with Crippen molar-refractivity contribution < 1.29 is 23.4 Å². The second-order valence-corrected chi connectivity index (χ2v) is 5.42. The molecule has 0 aliphatic carbocycles. The molecule has 0 amide bonds. The Hall–Kier alpha value is -1.24. The first-order valence-electron chi connectivity index (χ1n) is 6.70. The van der Waals surface area contributed by atoms with Crippen molar-refractivity contribution >= 4 is 0 Å². The van der Waals surface area contributed by atoms with Gasteiger partial charge in [0.2, 0.25) is 5.82 Å². The van der Waals surface area contributed by atoms with Crippen LogP contribution in [0.3, 0.4) is 0 Å². The average molecular weight is 285 g/mol. The van der Waals surface area contributed by atoms with Crippen LogP contribution in [0.4, 0.5) is 8.78 Å². The number of ether oxygens (including phenoxy) is 2. The Labute approximate surface area is 115 Å². The molecule has 1 aromatic carbocycles. The van der Waals surface area contributed by atoms with Gasteiger partial charge in [-0.1, -0.05) is 6.07 Å². The van der Waals surface area contributed by atoms with Gasteiger partial charge >= 0.3 is 0 Å². The smallest absolute Gasteiger partial charge is 0.200 e. The number of hydrogen-bond donors (Lipinski definition) is 1. The monoisotopic (exact) mass is 285 g/mol. The predicted octanol–water partition coefficient (Wildman–Crippen LogP) is 1.66. The van der Waals surface area contributed by atoms with Gasteiger partial charge in [0.1, 0.15) is 5.60 Å². The molecule has 0 bridgehead atoms. The van der Waals surface area contributed by atoms with Crippen molar-refractivity contribution in [2.45, 2.75) is 18.6 Å². The maximum Gasteiger partial charge on any atom is 0.200 e. The van der Waals surface area contributed by atoms with Gasteiger partial charge < -0.3 is 14.6 Å². The lowest BCUT2D eigenvalue weighted by Crippen LogP contribution is -2.51. The van der Waals surface area contributed by atoms with E-state index in [0.717, 1.165) is 6.42 Å². The van der Waals surface area contributed by atoms with E-state index in [1.165, 1.54) is 12.1 Å². The number of morpholine rings is 1. The maximum atomic E-state index is 13.8. The quantitative estimate of drug-likeness (QED) is 0.897. The molecular formula is C14H17F2NO3. The molecule has 3 rings (SSSR count). The number of rotatable bonds is 2. The highest BCUT2D eigenvalue weighted by Gasteiger charge is 2.40. The van der Waals surface area contributed by atoms with Crippen LogP contribution in [0.1, 0.15) is 12.0 Å². The Balaban J connectivity index is 1.73. The normalized spacial score (nSPS) is 27.3. The molecule has 1 spiro atoms. The topological polar surface area (TPSA) is 41.9 Å². The van der Waals surface area contributed by atoms with E-state index in [2.05, 4.69) is 0 Å². The van der Waals surface area contributed by atoms with Crippen LogP contribution in [0.5, 0.6) is 5.75 Å². The van der Waals surface area contributed by atoms with Crippen LogP contribution in [0.2, 0.25) is 0 Å². The fraction of sp³-hybridized carbons (Fsp3) is 0.571. The van der Waals surface area contributed by atoms with Gasteiger partial charge in [0.15, 0.2) is 11.6 Å². The minimum atomic E-state index is -1.19. The van der Waals surface area contributed by atoms with Crippen LogP contribution in [-0.4, -0.2) is 48.5 Å². The molecular weight excluding hydrogens is 268 g/mol. The van der Waals surface area contributed by atoms with E-state index in [1.54, 1.807) is 0 Å². The van der Waals surface area contributed by atoms with Gasteiger partial charge in [-0.05, 0) is 6.07 Å². The summed E-state index contributed by atoms with van der Waals surface area (Å²) in [5.41, 5.74) is -0.0549. The average Bonchev–Trinajstić information content (AvgIpc) is 2.88. The van der Waals surface area contributed by atoms with Crippen LogP contribution in [0, 0.1) is 11.6 Å². The number of benzene rings is 1. The van der Waals surface area contributed by atoms with Gasteiger partial charge in [-0.3, -0.25) is 4.90 Å². The first-order valence-corrected chi connectivity index (χ1v) is 6.70. The predicted molar refractivity (Wildman–Crippen MR) is 67.4 cm³/mol. The lowest BCUT2D eigenvalue weighted by atomic mass is 10.0. The molecule has 0 radical (unpaired) electrons. The van der Waals surface area contributed by atoms with Crippen LogP contribution in [-0.2, 0) is 16.0 Å². The van der Waals surface area contributed by atoms with Gasteiger partial charge in [0, 0.05) is 38.2 Å². The van der Waals surface area contributed by atoms with Gasteiger partial charge in [-0.15, -0.1) is 0 Å². The van der Waals surface area contributed by atoms with E-state index < -0.39 is 17.4 Å². The molecule has 0 aromatic heterocycles. The van der Waals surface area contributed by atoms with E-state index in [0.29, 0.717) is 39.5 Å². The molecule has 2 fully saturated rings. The molecule has 0 saturated carbocycles. The summed E-state index contributed by atoms with van der Waals surface area (Å²) in [7, 11) is 0. The summed E-state index contributed by atoms with van der Waals surface area (Å²) in [5, 5.41) is 9.13. The van der Waals surface area contributed by atoms with Crippen LogP contribution in [0.15, 0.2) is 12.1 Å². The maximum absolute atomic E-state index is 13.8. The molecule has 4 nitrogen and oxygen atoms in total. The molecule has 1 atom stereocenters. The first-order chi connectivity index (χ1) is 9.60. The first kappa shape index (κ1) is 13.7. The molecule has 1 N–H and O–H groups in total. The number of hydrogen-bond acceptors (Lipinski definition) is 4. The van der Waals surface area contributed by atoms with Gasteiger partial charge in [-0.25, -0.2) is 4.39 Å². The third-order valence-electron chi connectivity index (χ3n) is 3.93. The van der Waals surface area contributed by atoms with Crippen LogP contribution < -0.4 is 0 Å². The molecule has 6 heteroatoms. The fourth-order valence-corrected chi connectivity index (χ4v) is 2.83. The van der Waals surface area contributed by atoms with E-state index in [1.807, 2.05) is 4.90 Å². The Morgan fingerprint density at radius 1 is 1.25 bits per heavy atom. The van der Waals surface area contributed by atoms with E-state index >= 15 is 0 Å². The highest BCUT2D eigenvalue weighted by atomic mass is 19.2. The summed E-state index contributed by atoms with van der Waals surface area (Å²) < 4.78 is 38.3. The second-order valence-electron chi connectivity index (χ2n) is 5.42. The van der Waals surface area contributed by atoms with Gasteiger partial charge in [-0.2, -0.15) is 4.39 Å². The molecule has 2 aliphatic rings. The number of phenolic OH excluding ortho intramolecular Hbond substituents is 1. The Kier molecular flexibility index (Phi) is 3.62. The Morgan fingerprint density at radius 3 is 2.85 bits per heavy atom. The minimum Gasteiger partial charge on any atom is -0.505 e. The van der Waals surface area contributed by atoms with Crippen molar-refractivity contribution in [2.24, 2.45) is 0 Å². The largest absolute Gasteiger partial charge is 0.505 e. The van der Waals surface area contributed by atoms with Crippen molar-refractivity contribution in [1.29, 1.82) is 0 Å². The summed E-state index contributed by atoms with van der Waals surface area (Å²) >= 11 is 0. The Morgan fingerprint density at radius 2 is 2.10 bits per heavy atom. The summed E-state index contributed by atoms with van der Waals surface area (Å²) in [6, 6.07) is 2.60. The van der Waals surface area contributed by atoms with Crippen molar-refractivity contribution in [3.8, 4) is 5.75 Å². The highest BCUT2D eigenvalue weighted by Crippen LogP contribution is 2.29. The molecule has 110 valence electrons. The lowest BCUT2D eigenvalue weighted by Gasteiger charge is -2.39. The molecule has 2 heterocycles. The minimum absolute atomic E-state index is 0.247. The van der Waals surface area contributed by atoms with Crippen LogP contribution in [0.25, 0.3) is 0 Å². The van der Waals surface area contributed by atoms with Gasteiger partial charge in [0.25, 0.3) is 0 Å². The fourth-order valence-electron chi connectivity index (χ4n) is 2.83. The molecule has 1 aromatic rings. The standard InChI is InChI=1S/C14H17F2NO3/c15-12-10(1-2-11(18)13(12)16)7-17-4-6-20-14(8-17)3-5-19-9-14/h1-2,18H,3-9H2. The molecule has 20 heavy (non-hydrogen) atoms. The number of nitrogens with zero attached hydrogens (tertiary/aromatic N) is 1. The summed E-state index contributed by atoms with van der Waals surface area (Å²) in [6.07, 6.45) is 0.829. The second kappa shape index (κ2) is 5.27. The Bertz CT molecular complexity index is 503. The van der Waals surface area contributed by atoms with E-state index in [-0.39, 0.29) is 11.2 Å². The SMILES string of the molecule is Oc1ccc(CN2CCOC3(CCOC3)C2)c(F)c1F. The van der Waals surface area contributed by atoms with Crippen molar-refractivity contribution in [2.75, 3.05) is 32.9 Å². The number of halogens is 2. The lowest BCUT2D eigenvalue weighted by molar-refractivity contribution is -0.111. The van der Waals surface area contributed by atoms with E-state index in [4.69, 9.17) is 14.6 Å². The third kappa shape index (κ3) is 2.51. The number of phenols is 1. The third-order valence-corrected chi connectivity index (χ3v) is 3.93. The zero-order valence-electron chi connectivity index (χ0n) is 11.1. The summed E-state index contributed by atoms with van der Waals surface area (Å²) in [4.78, 5) is 2.03. The zero-order valence-corrected chi connectivity index (χ0v) is 11.1. The van der Waals surface area contributed by atoms with Crippen LogP contribution >= 0.6 is 0 Å². The molecule has 2 saturated heterocycles. The van der Waals surface area contributed by atoms with E-state index in [9.17, 15) is 8.78 Å². The van der Waals surface area contributed by atoms with Crippen molar-refractivity contribution in [3.63, 3.8) is 0 Å². The number of aromatic hydroxyl groups is 1.